The van der Waals surface area contributed by atoms with Crippen LogP contribution in [0.25, 0.3) is 10.9 Å². The predicted molar refractivity (Wildman–Crippen MR) is 79.3 cm³/mol. The van der Waals surface area contributed by atoms with Crippen molar-refractivity contribution in [3.8, 4) is 0 Å². The van der Waals surface area contributed by atoms with Crippen molar-refractivity contribution in [3.05, 3.63) is 36.0 Å². The molecule has 0 spiro atoms. The van der Waals surface area contributed by atoms with Gasteiger partial charge in [-0.1, -0.05) is 20.8 Å². The Labute approximate surface area is 114 Å². The van der Waals surface area contributed by atoms with Crippen LogP contribution in [0.2, 0.25) is 0 Å². The number of hydrogen-bond acceptors (Lipinski definition) is 1. The second-order valence-corrected chi connectivity index (χ2v) is 6.24. The average Bonchev–Trinajstić information content (AvgIpc) is 2.82. The lowest BCUT2D eigenvalue weighted by atomic mass is 9.87. The number of hydrogen-bond donors (Lipinski definition) is 1. The first-order valence-corrected chi connectivity index (χ1v) is 6.65. The van der Waals surface area contributed by atoms with Crippen molar-refractivity contribution in [3.63, 3.8) is 0 Å². The third-order valence-electron chi connectivity index (χ3n) is 3.95. The number of aromatic nitrogens is 1. The van der Waals surface area contributed by atoms with E-state index in [0.29, 0.717) is 0 Å². The fourth-order valence-corrected chi connectivity index (χ4v) is 2.15. The van der Waals surface area contributed by atoms with Crippen LogP contribution in [0.5, 0.6) is 0 Å². The van der Waals surface area contributed by atoms with Gasteiger partial charge in [-0.25, -0.2) is 0 Å². The highest BCUT2D eigenvalue weighted by Gasteiger charge is 2.27. The number of nitrogens with one attached hydrogen (secondary N) is 1. The van der Waals surface area contributed by atoms with Crippen LogP contribution in [-0.4, -0.2) is 28.9 Å². The van der Waals surface area contributed by atoms with Crippen LogP contribution in [0, 0.1) is 5.41 Å². The minimum absolute atomic E-state index is 0.0720. The van der Waals surface area contributed by atoms with E-state index in [-0.39, 0.29) is 17.4 Å². The Morgan fingerprint density at radius 3 is 2.58 bits per heavy atom. The molecule has 2 rings (SSSR count). The molecule has 0 aliphatic carbocycles. The maximum Gasteiger partial charge on any atom is 0.253 e. The summed E-state index contributed by atoms with van der Waals surface area (Å²) in [5, 5.41) is 1.07. The largest absolute Gasteiger partial charge is 0.361 e. The van der Waals surface area contributed by atoms with E-state index in [1.165, 1.54) is 0 Å². The Kier molecular flexibility index (Phi) is 3.40. The van der Waals surface area contributed by atoms with E-state index in [4.69, 9.17) is 0 Å². The molecule has 19 heavy (non-hydrogen) atoms. The predicted octanol–water partition coefficient (Wildman–Crippen LogP) is 3.67. The molecule has 1 aromatic heterocycles. The summed E-state index contributed by atoms with van der Waals surface area (Å²) in [5.41, 5.74) is 1.87. The van der Waals surface area contributed by atoms with Gasteiger partial charge < -0.3 is 9.88 Å². The molecule has 1 unspecified atom stereocenters. The van der Waals surface area contributed by atoms with Crippen LogP contribution in [-0.2, 0) is 0 Å². The van der Waals surface area contributed by atoms with Crippen molar-refractivity contribution in [1.29, 1.82) is 0 Å². The number of carbonyl (C=O) groups is 1. The van der Waals surface area contributed by atoms with Gasteiger partial charge in [0, 0.05) is 35.8 Å². The van der Waals surface area contributed by atoms with Crippen LogP contribution >= 0.6 is 0 Å². The van der Waals surface area contributed by atoms with Gasteiger partial charge in [-0.3, -0.25) is 4.79 Å². The molecule has 1 atom stereocenters. The molecule has 1 aromatic carbocycles. The molecule has 0 fully saturated rings. The Morgan fingerprint density at radius 1 is 1.26 bits per heavy atom. The Hall–Kier alpha value is -1.77. The van der Waals surface area contributed by atoms with E-state index in [9.17, 15) is 4.79 Å². The first-order valence-electron chi connectivity index (χ1n) is 6.65. The maximum absolute atomic E-state index is 12.5. The number of H-pyrrole nitrogens is 1. The summed E-state index contributed by atoms with van der Waals surface area (Å²) < 4.78 is 0. The lowest BCUT2D eigenvalue weighted by molar-refractivity contribution is 0.0629. The summed E-state index contributed by atoms with van der Waals surface area (Å²) in [6.45, 7) is 8.54. The molecule has 3 nitrogen and oxygen atoms in total. The zero-order valence-electron chi connectivity index (χ0n) is 12.3. The van der Waals surface area contributed by atoms with Gasteiger partial charge >= 0.3 is 0 Å². The van der Waals surface area contributed by atoms with Crippen molar-refractivity contribution >= 4 is 16.8 Å². The fraction of sp³-hybridized carbons (Fsp3) is 0.438. The van der Waals surface area contributed by atoms with Crippen molar-refractivity contribution in [2.45, 2.75) is 33.7 Å². The lowest BCUT2D eigenvalue weighted by Crippen LogP contribution is -2.42. The van der Waals surface area contributed by atoms with Crippen LogP contribution in [0.4, 0.5) is 0 Å². The highest BCUT2D eigenvalue weighted by Crippen LogP contribution is 2.25. The van der Waals surface area contributed by atoms with Gasteiger partial charge in [-0.05, 0) is 36.6 Å². The molecular formula is C16H22N2O. The molecule has 2 aromatic rings. The highest BCUT2D eigenvalue weighted by molar-refractivity contribution is 5.98. The van der Waals surface area contributed by atoms with Crippen LogP contribution in [0.15, 0.2) is 30.5 Å². The van der Waals surface area contributed by atoms with Crippen molar-refractivity contribution < 1.29 is 4.79 Å². The summed E-state index contributed by atoms with van der Waals surface area (Å²) in [6, 6.07) is 7.95. The normalized spacial score (nSPS) is 13.5. The van der Waals surface area contributed by atoms with Crippen LogP contribution in [0.1, 0.15) is 38.1 Å². The van der Waals surface area contributed by atoms with Gasteiger partial charge in [-0.15, -0.1) is 0 Å². The molecule has 0 bridgehead atoms. The molecule has 0 radical (unpaired) electrons. The molecule has 0 saturated heterocycles. The quantitative estimate of drug-likeness (QED) is 0.876. The van der Waals surface area contributed by atoms with Crippen molar-refractivity contribution in [1.82, 2.24) is 9.88 Å². The van der Waals surface area contributed by atoms with Crippen molar-refractivity contribution in [2.24, 2.45) is 5.41 Å². The number of rotatable bonds is 2. The summed E-state index contributed by atoms with van der Waals surface area (Å²) in [6.07, 6.45) is 1.89. The number of amides is 1. The number of aromatic amines is 1. The standard InChI is InChI=1S/C16H22N2O/c1-11(16(2,3)4)18(5)15(19)13-6-7-14-12(10-13)8-9-17-14/h6-11,17H,1-5H3. The van der Waals surface area contributed by atoms with Crippen molar-refractivity contribution in [2.75, 3.05) is 7.05 Å². The topological polar surface area (TPSA) is 36.1 Å². The average molecular weight is 258 g/mol. The monoisotopic (exact) mass is 258 g/mol. The van der Waals surface area contributed by atoms with E-state index in [1.807, 2.05) is 42.4 Å². The third kappa shape index (κ3) is 2.65. The molecule has 0 saturated carbocycles. The van der Waals surface area contributed by atoms with Crippen LogP contribution < -0.4 is 0 Å². The first-order chi connectivity index (χ1) is 8.80. The Morgan fingerprint density at radius 2 is 1.95 bits per heavy atom. The van der Waals surface area contributed by atoms with E-state index in [1.54, 1.807) is 0 Å². The minimum atomic E-state index is 0.0720. The number of fused-ring (bicyclic) bond motifs is 1. The van der Waals surface area contributed by atoms with E-state index in [2.05, 4.69) is 32.7 Å². The lowest BCUT2D eigenvalue weighted by Gasteiger charge is -2.35. The number of nitrogens with zero attached hydrogens (tertiary/aromatic N) is 1. The number of carbonyl (C=O) groups excluding carboxylic acids is 1. The second-order valence-electron chi connectivity index (χ2n) is 6.24. The van der Waals surface area contributed by atoms with Gasteiger partial charge in [0.05, 0.1) is 0 Å². The van der Waals surface area contributed by atoms with Gasteiger partial charge in [0.25, 0.3) is 5.91 Å². The summed E-state index contributed by atoms with van der Waals surface area (Å²) in [7, 11) is 1.87. The first kappa shape index (κ1) is 13.7. The van der Waals surface area contributed by atoms with E-state index >= 15 is 0 Å². The summed E-state index contributed by atoms with van der Waals surface area (Å²) >= 11 is 0. The smallest absolute Gasteiger partial charge is 0.253 e. The molecule has 1 heterocycles. The van der Waals surface area contributed by atoms with Gasteiger partial charge in [-0.2, -0.15) is 0 Å². The molecule has 1 N–H and O–H groups in total. The molecule has 102 valence electrons. The molecule has 0 aliphatic heterocycles. The summed E-state index contributed by atoms with van der Waals surface area (Å²) in [4.78, 5) is 17.5. The molecule has 0 aliphatic rings. The Bertz CT molecular complexity index is 592. The molecule has 3 heteroatoms. The summed E-state index contributed by atoms with van der Waals surface area (Å²) in [5.74, 6) is 0.0746. The second kappa shape index (κ2) is 4.72. The molecule has 1 amide bonds. The zero-order valence-corrected chi connectivity index (χ0v) is 12.3. The van der Waals surface area contributed by atoms with Gasteiger partial charge in [0.15, 0.2) is 0 Å². The molecular weight excluding hydrogens is 236 g/mol. The number of benzene rings is 1. The van der Waals surface area contributed by atoms with Crippen LogP contribution in [0.3, 0.4) is 0 Å². The minimum Gasteiger partial charge on any atom is -0.361 e. The Balaban J connectivity index is 2.28. The third-order valence-corrected chi connectivity index (χ3v) is 3.95. The zero-order chi connectivity index (χ0) is 14.2. The maximum atomic E-state index is 12.5. The van der Waals surface area contributed by atoms with E-state index < -0.39 is 0 Å². The highest BCUT2D eigenvalue weighted by atomic mass is 16.2. The fourth-order valence-electron chi connectivity index (χ4n) is 2.15. The van der Waals surface area contributed by atoms with E-state index in [0.717, 1.165) is 16.5 Å². The van der Waals surface area contributed by atoms with Gasteiger partial charge in [0.1, 0.15) is 0 Å². The SMILES string of the molecule is CC(N(C)C(=O)c1ccc2[nH]ccc2c1)C(C)(C)C. The van der Waals surface area contributed by atoms with Gasteiger partial charge in [0.2, 0.25) is 0 Å².